The molecule has 0 amide bonds. The summed E-state index contributed by atoms with van der Waals surface area (Å²) in [5, 5.41) is 10.3. The highest BCUT2D eigenvalue weighted by atomic mass is 35.5. The highest BCUT2D eigenvalue weighted by molar-refractivity contribution is 6.30. The van der Waals surface area contributed by atoms with E-state index in [1.54, 1.807) is 26.0 Å². The Morgan fingerprint density at radius 2 is 2.24 bits per heavy atom. The molecule has 1 rings (SSSR count). The lowest BCUT2D eigenvalue weighted by molar-refractivity contribution is -0.143. The number of hydrogen-bond donors (Lipinski definition) is 2. The molecule has 5 heteroatoms. The molecule has 0 fully saturated rings. The number of aromatic hydroxyl groups is 1. The third-order valence-electron chi connectivity index (χ3n) is 2.39. The van der Waals surface area contributed by atoms with Crippen LogP contribution >= 0.6 is 11.6 Å². The van der Waals surface area contributed by atoms with E-state index in [0.29, 0.717) is 22.8 Å². The van der Waals surface area contributed by atoms with Crippen LogP contribution in [0.4, 0.5) is 0 Å². The monoisotopic (exact) mass is 257 g/mol. The second kappa shape index (κ2) is 5.89. The van der Waals surface area contributed by atoms with Crippen LogP contribution in [-0.4, -0.2) is 17.7 Å². The van der Waals surface area contributed by atoms with Gasteiger partial charge >= 0.3 is 5.97 Å². The number of benzene rings is 1. The molecule has 3 N–H and O–H groups in total. The summed E-state index contributed by atoms with van der Waals surface area (Å²) in [7, 11) is 0. The maximum Gasteiger partial charge on any atom is 0.307 e. The number of hydrogen-bond acceptors (Lipinski definition) is 4. The second-order valence-corrected chi connectivity index (χ2v) is 4.21. The number of halogens is 1. The van der Waals surface area contributed by atoms with Crippen molar-refractivity contribution in [3.63, 3.8) is 0 Å². The molecule has 0 spiro atoms. The molecule has 0 aliphatic rings. The topological polar surface area (TPSA) is 72.5 Å². The molecule has 1 atom stereocenters. The van der Waals surface area contributed by atoms with Gasteiger partial charge in [-0.05, 0) is 31.5 Å². The summed E-state index contributed by atoms with van der Waals surface area (Å²) in [4.78, 5) is 11.3. The first-order chi connectivity index (χ1) is 7.95. The number of phenolic OH excluding ortho intramolecular Hbond substituents is 1. The van der Waals surface area contributed by atoms with Gasteiger partial charge in [0.15, 0.2) is 0 Å². The summed E-state index contributed by atoms with van der Waals surface area (Å²) in [5.41, 5.74) is 6.94. The fourth-order valence-electron chi connectivity index (χ4n) is 1.55. The van der Waals surface area contributed by atoms with Gasteiger partial charge in [0.2, 0.25) is 0 Å². The summed E-state index contributed by atoms with van der Waals surface area (Å²) in [5.74, 6) is -0.316. The Hall–Kier alpha value is -1.26. The van der Waals surface area contributed by atoms with E-state index in [0.717, 1.165) is 0 Å². The average molecular weight is 258 g/mol. The smallest absolute Gasteiger partial charge is 0.307 e. The normalized spacial score (nSPS) is 12.2. The Balaban J connectivity index is 2.88. The van der Waals surface area contributed by atoms with E-state index in [4.69, 9.17) is 22.1 Å². The van der Waals surface area contributed by atoms with Gasteiger partial charge in [0.05, 0.1) is 13.0 Å². The van der Waals surface area contributed by atoms with Crippen molar-refractivity contribution >= 4 is 17.6 Å². The highest BCUT2D eigenvalue weighted by Crippen LogP contribution is 2.31. The number of nitrogens with two attached hydrogens (primary N) is 1. The number of phenols is 1. The highest BCUT2D eigenvalue weighted by Gasteiger charge is 2.17. The van der Waals surface area contributed by atoms with Crippen molar-refractivity contribution in [3.05, 3.63) is 28.3 Å². The summed E-state index contributed by atoms with van der Waals surface area (Å²) < 4.78 is 4.80. The number of rotatable bonds is 4. The zero-order valence-corrected chi connectivity index (χ0v) is 10.6. The second-order valence-electron chi connectivity index (χ2n) is 3.78. The maximum absolute atomic E-state index is 11.3. The van der Waals surface area contributed by atoms with Gasteiger partial charge in [-0.2, -0.15) is 0 Å². The molecular weight excluding hydrogens is 242 g/mol. The van der Waals surface area contributed by atoms with Gasteiger partial charge in [0.1, 0.15) is 5.75 Å². The molecule has 0 aliphatic carbocycles. The molecule has 0 saturated heterocycles. The van der Waals surface area contributed by atoms with Crippen LogP contribution in [0.1, 0.15) is 30.5 Å². The Morgan fingerprint density at radius 1 is 1.59 bits per heavy atom. The van der Waals surface area contributed by atoms with Crippen molar-refractivity contribution < 1.29 is 14.6 Å². The fraction of sp³-hybridized carbons (Fsp3) is 0.417. The Morgan fingerprint density at radius 3 is 2.82 bits per heavy atom. The number of carbonyl (C=O) groups excluding carboxylic acids is 1. The van der Waals surface area contributed by atoms with Crippen LogP contribution in [0.3, 0.4) is 0 Å². The van der Waals surface area contributed by atoms with Crippen molar-refractivity contribution in [1.82, 2.24) is 0 Å². The lowest BCUT2D eigenvalue weighted by atomic mass is 10.0. The quantitative estimate of drug-likeness (QED) is 0.812. The number of ether oxygens (including phenoxy) is 1. The maximum atomic E-state index is 11.3. The largest absolute Gasteiger partial charge is 0.507 e. The van der Waals surface area contributed by atoms with Crippen LogP contribution in [0, 0.1) is 6.92 Å². The van der Waals surface area contributed by atoms with Gasteiger partial charge in [0.25, 0.3) is 0 Å². The molecule has 1 aromatic rings. The van der Waals surface area contributed by atoms with Crippen LogP contribution < -0.4 is 5.73 Å². The van der Waals surface area contributed by atoms with E-state index >= 15 is 0 Å². The van der Waals surface area contributed by atoms with Crippen molar-refractivity contribution in [2.45, 2.75) is 26.3 Å². The molecule has 0 heterocycles. The minimum absolute atomic E-state index is 0.0151. The van der Waals surface area contributed by atoms with Gasteiger partial charge in [-0.25, -0.2) is 0 Å². The predicted octanol–water partition coefficient (Wildman–Crippen LogP) is 2.31. The standard InChI is InChI=1S/C12H16ClNO3/c1-3-17-11(15)6-10(14)9-5-8(13)4-7(2)12(9)16/h4-5,10,16H,3,6,14H2,1-2H3. The molecule has 0 saturated carbocycles. The summed E-state index contributed by atoms with van der Waals surface area (Å²) in [6, 6.07) is 2.58. The Labute approximate surface area is 105 Å². The van der Waals surface area contributed by atoms with Crippen molar-refractivity contribution in [2.24, 2.45) is 5.73 Å². The molecule has 1 aromatic carbocycles. The average Bonchev–Trinajstić information content (AvgIpc) is 2.23. The first-order valence-electron chi connectivity index (χ1n) is 5.36. The van der Waals surface area contributed by atoms with Crippen LogP contribution in [-0.2, 0) is 9.53 Å². The molecular formula is C12H16ClNO3. The lowest BCUT2D eigenvalue weighted by Crippen LogP contribution is -2.17. The van der Waals surface area contributed by atoms with E-state index < -0.39 is 12.0 Å². The summed E-state index contributed by atoms with van der Waals surface area (Å²) in [6.07, 6.45) is 0.0151. The molecule has 0 bridgehead atoms. The van der Waals surface area contributed by atoms with Crippen LogP contribution in [0.2, 0.25) is 5.02 Å². The third kappa shape index (κ3) is 3.61. The fourth-order valence-corrected chi connectivity index (χ4v) is 1.83. The third-order valence-corrected chi connectivity index (χ3v) is 2.60. The van der Waals surface area contributed by atoms with Crippen molar-refractivity contribution in [2.75, 3.05) is 6.61 Å². The number of aryl methyl sites for hydroxylation is 1. The molecule has 1 unspecified atom stereocenters. The van der Waals surface area contributed by atoms with Crippen LogP contribution in [0.25, 0.3) is 0 Å². The Kier molecular flexibility index (Phi) is 4.78. The predicted molar refractivity (Wildman–Crippen MR) is 66.0 cm³/mol. The first kappa shape index (κ1) is 13.8. The zero-order valence-electron chi connectivity index (χ0n) is 9.87. The number of esters is 1. The minimum atomic E-state index is -0.619. The SMILES string of the molecule is CCOC(=O)CC(N)c1cc(Cl)cc(C)c1O. The first-order valence-corrected chi connectivity index (χ1v) is 5.73. The van der Waals surface area contributed by atoms with Gasteiger partial charge < -0.3 is 15.6 Å². The van der Waals surface area contributed by atoms with Crippen LogP contribution in [0.5, 0.6) is 5.75 Å². The zero-order chi connectivity index (χ0) is 13.0. The van der Waals surface area contributed by atoms with E-state index in [1.165, 1.54) is 0 Å². The van der Waals surface area contributed by atoms with Crippen molar-refractivity contribution in [3.8, 4) is 5.75 Å². The molecule has 94 valence electrons. The van der Waals surface area contributed by atoms with Gasteiger partial charge in [-0.15, -0.1) is 0 Å². The minimum Gasteiger partial charge on any atom is -0.507 e. The van der Waals surface area contributed by atoms with Gasteiger partial charge in [0, 0.05) is 16.6 Å². The number of carbonyl (C=O) groups is 1. The molecule has 0 radical (unpaired) electrons. The van der Waals surface area contributed by atoms with Crippen LogP contribution in [0.15, 0.2) is 12.1 Å². The summed E-state index contributed by atoms with van der Waals surface area (Å²) in [6.45, 7) is 3.76. The van der Waals surface area contributed by atoms with E-state index in [9.17, 15) is 9.90 Å². The molecule has 17 heavy (non-hydrogen) atoms. The van der Waals surface area contributed by atoms with Gasteiger partial charge in [-0.3, -0.25) is 4.79 Å². The lowest BCUT2D eigenvalue weighted by Gasteiger charge is -2.14. The van der Waals surface area contributed by atoms with E-state index in [-0.39, 0.29) is 12.2 Å². The molecule has 4 nitrogen and oxygen atoms in total. The Bertz CT molecular complexity index is 420. The van der Waals surface area contributed by atoms with E-state index in [2.05, 4.69) is 0 Å². The molecule has 0 aromatic heterocycles. The molecule has 0 aliphatic heterocycles. The van der Waals surface area contributed by atoms with Gasteiger partial charge in [-0.1, -0.05) is 11.6 Å². The van der Waals surface area contributed by atoms with Crippen molar-refractivity contribution in [1.29, 1.82) is 0 Å². The van der Waals surface area contributed by atoms with E-state index in [1.807, 2.05) is 0 Å². The summed E-state index contributed by atoms with van der Waals surface area (Å²) >= 11 is 5.88.